The smallest absolute Gasteiger partial charge is 0.300 e. The molecule has 3 aromatic rings. The Hall–Kier alpha value is -3.93. The van der Waals surface area contributed by atoms with E-state index in [4.69, 9.17) is 4.74 Å². The van der Waals surface area contributed by atoms with E-state index in [1.165, 1.54) is 4.90 Å². The number of carbonyl (C=O) groups excluding carboxylic acids is 2. The number of pyridine rings is 1. The third kappa shape index (κ3) is 3.87. The summed E-state index contributed by atoms with van der Waals surface area (Å²) in [4.78, 5) is 31.8. The van der Waals surface area contributed by atoms with Crippen molar-refractivity contribution < 1.29 is 19.4 Å². The molecule has 1 aliphatic rings. The summed E-state index contributed by atoms with van der Waals surface area (Å²) in [6, 6.07) is 16.9. The predicted octanol–water partition coefficient (Wildman–Crippen LogP) is 4.80. The molecule has 6 nitrogen and oxygen atoms in total. The minimum atomic E-state index is -0.794. The maximum atomic E-state index is 13.1. The van der Waals surface area contributed by atoms with Crippen molar-refractivity contribution in [3.63, 3.8) is 0 Å². The van der Waals surface area contributed by atoms with Gasteiger partial charge in [0.05, 0.1) is 17.7 Å². The van der Waals surface area contributed by atoms with Crippen molar-refractivity contribution in [1.29, 1.82) is 0 Å². The van der Waals surface area contributed by atoms with Crippen LogP contribution in [-0.2, 0) is 9.59 Å². The second-order valence-corrected chi connectivity index (χ2v) is 7.94. The minimum Gasteiger partial charge on any atom is -0.507 e. The SMILES string of the molecule is Cc1cc(/C(O)=C2/C(=O)C(=O)N(c3ccccc3)C2c2cccnc2)ccc1OC(C)C. The lowest BCUT2D eigenvalue weighted by Crippen LogP contribution is -2.29. The van der Waals surface area contributed by atoms with Crippen LogP contribution in [0.1, 0.15) is 36.6 Å². The average Bonchev–Trinajstić information content (AvgIpc) is 3.06. The Labute approximate surface area is 186 Å². The standard InChI is InChI=1S/C26H24N2O4/c1-16(2)32-21-12-11-18(14-17(21)3)24(29)22-23(19-8-7-13-27-15-19)28(26(31)25(22)30)20-9-5-4-6-10-20/h4-16,23,29H,1-3H3/b24-22-. The summed E-state index contributed by atoms with van der Waals surface area (Å²) in [6.07, 6.45) is 3.23. The summed E-state index contributed by atoms with van der Waals surface area (Å²) >= 11 is 0. The Balaban J connectivity index is 1.87. The minimum absolute atomic E-state index is 0.00919. The second kappa shape index (κ2) is 8.67. The fourth-order valence-corrected chi connectivity index (χ4v) is 3.88. The van der Waals surface area contributed by atoms with Gasteiger partial charge in [-0.3, -0.25) is 19.5 Å². The molecule has 2 aromatic carbocycles. The molecule has 1 unspecified atom stereocenters. The van der Waals surface area contributed by atoms with Gasteiger partial charge in [0.25, 0.3) is 11.7 Å². The molecule has 1 saturated heterocycles. The van der Waals surface area contributed by atoms with Crippen molar-refractivity contribution >= 4 is 23.1 Å². The fraction of sp³-hybridized carbons (Fsp3) is 0.192. The van der Waals surface area contributed by atoms with E-state index in [0.717, 1.165) is 5.56 Å². The molecule has 6 heteroatoms. The van der Waals surface area contributed by atoms with Crippen molar-refractivity contribution in [3.8, 4) is 5.75 Å². The third-order valence-electron chi connectivity index (χ3n) is 5.29. The number of Topliss-reactive ketones (excluding diaryl/α,β-unsaturated/α-hetero) is 1. The Morgan fingerprint density at radius 3 is 2.44 bits per heavy atom. The van der Waals surface area contributed by atoms with Crippen molar-refractivity contribution in [3.05, 3.63) is 95.3 Å². The molecular weight excluding hydrogens is 404 g/mol. The molecule has 0 radical (unpaired) electrons. The highest BCUT2D eigenvalue weighted by atomic mass is 16.5. The molecule has 1 atom stereocenters. The molecule has 32 heavy (non-hydrogen) atoms. The maximum absolute atomic E-state index is 13.1. The highest BCUT2D eigenvalue weighted by molar-refractivity contribution is 6.51. The zero-order valence-electron chi connectivity index (χ0n) is 18.1. The Morgan fingerprint density at radius 2 is 1.81 bits per heavy atom. The van der Waals surface area contributed by atoms with Gasteiger partial charge in [0.15, 0.2) is 0 Å². The first-order chi connectivity index (χ1) is 15.4. The topological polar surface area (TPSA) is 79.7 Å². The number of hydrogen-bond acceptors (Lipinski definition) is 5. The number of hydrogen-bond donors (Lipinski definition) is 1. The molecule has 1 fully saturated rings. The van der Waals surface area contributed by atoms with E-state index >= 15 is 0 Å². The maximum Gasteiger partial charge on any atom is 0.300 e. The number of aromatic nitrogens is 1. The number of carbonyl (C=O) groups is 2. The van der Waals surface area contributed by atoms with E-state index in [0.29, 0.717) is 22.6 Å². The monoisotopic (exact) mass is 428 g/mol. The van der Waals surface area contributed by atoms with Crippen LogP contribution in [0.4, 0.5) is 5.69 Å². The molecule has 1 amide bonds. The van der Waals surface area contributed by atoms with Crippen LogP contribution in [-0.4, -0.2) is 27.9 Å². The van der Waals surface area contributed by atoms with Gasteiger partial charge in [0.1, 0.15) is 11.5 Å². The lowest BCUT2D eigenvalue weighted by atomic mass is 9.95. The Bertz CT molecular complexity index is 1190. The van der Waals surface area contributed by atoms with Crippen LogP contribution in [0.3, 0.4) is 0 Å². The number of ether oxygens (including phenoxy) is 1. The molecule has 2 heterocycles. The summed E-state index contributed by atoms with van der Waals surface area (Å²) in [6.45, 7) is 5.74. The van der Waals surface area contributed by atoms with E-state index in [1.807, 2.05) is 26.8 Å². The first kappa shape index (κ1) is 21.3. The zero-order valence-corrected chi connectivity index (χ0v) is 18.1. The quantitative estimate of drug-likeness (QED) is 0.359. The van der Waals surface area contributed by atoms with Crippen molar-refractivity contribution in [2.45, 2.75) is 32.9 Å². The number of benzene rings is 2. The highest BCUT2D eigenvalue weighted by Gasteiger charge is 2.47. The number of para-hydroxylation sites is 1. The summed E-state index contributed by atoms with van der Waals surface area (Å²) in [5, 5.41) is 11.2. The van der Waals surface area contributed by atoms with Crippen LogP contribution in [0.15, 0.2) is 78.6 Å². The number of amides is 1. The van der Waals surface area contributed by atoms with Crippen LogP contribution in [0.2, 0.25) is 0 Å². The number of aryl methyl sites for hydroxylation is 1. The Morgan fingerprint density at radius 1 is 1.06 bits per heavy atom. The van der Waals surface area contributed by atoms with E-state index in [9.17, 15) is 14.7 Å². The molecular formula is C26H24N2O4. The predicted molar refractivity (Wildman–Crippen MR) is 122 cm³/mol. The van der Waals surface area contributed by atoms with Crippen LogP contribution in [0.25, 0.3) is 5.76 Å². The van der Waals surface area contributed by atoms with E-state index in [1.54, 1.807) is 67.0 Å². The lowest BCUT2D eigenvalue weighted by Gasteiger charge is -2.25. The summed E-state index contributed by atoms with van der Waals surface area (Å²) in [7, 11) is 0. The average molecular weight is 428 g/mol. The largest absolute Gasteiger partial charge is 0.507 e. The number of aliphatic hydroxyl groups excluding tert-OH is 1. The summed E-state index contributed by atoms with van der Waals surface area (Å²) < 4.78 is 5.77. The molecule has 162 valence electrons. The number of aliphatic hydroxyl groups is 1. The number of nitrogens with zero attached hydrogens (tertiary/aromatic N) is 2. The van der Waals surface area contributed by atoms with Crippen LogP contribution < -0.4 is 9.64 Å². The van der Waals surface area contributed by atoms with Crippen molar-refractivity contribution in [1.82, 2.24) is 4.98 Å². The van der Waals surface area contributed by atoms with Gasteiger partial charge in [-0.1, -0.05) is 24.3 Å². The van der Waals surface area contributed by atoms with Gasteiger partial charge in [0, 0.05) is 23.6 Å². The first-order valence-corrected chi connectivity index (χ1v) is 10.4. The number of ketones is 1. The van der Waals surface area contributed by atoms with Gasteiger partial charge < -0.3 is 9.84 Å². The first-order valence-electron chi connectivity index (χ1n) is 10.4. The Kier molecular flexibility index (Phi) is 5.77. The van der Waals surface area contributed by atoms with E-state index in [-0.39, 0.29) is 17.4 Å². The third-order valence-corrected chi connectivity index (χ3v) is 5.29. The van der Waals surface area contributed by atoms with Crippen LogP contribution in [0.5, 0.6) is 5.75 Å². The van der Waals surface area contributed by atoms with E-state index < -0.39 is 17.7 Å². The molecule has 0 bridgehead atoms. The van der Waals surface area contributed by atoms with Gasteiger partial charge in [-0.25, -0.2) is 0 Å². The zero-order chi connectivity index (χ0) is 22.8. The van der Waals surface area contributed by atoms with Gasteiger partial charge in [-0.15, -0.1) is 0 Å². The molecule has 1 aliphatic heterocycles. The molecule has 1 N–H and O–H groups in total. The second-order valence-electron chi connectivity index (χ2n) is 7.94. The highest BCUT2D eigenvalue weighted by Crippen LogP contribution is 2.42. The summed E-state index contributed by atoms with van der Waals surface area (Å²) in [5.41, 5.74) is 2.49. The van der Waals surface area contributed by atoms with E-state index in [2.05, 4.69) is 4.98 Å². The summed E-state index contributed by atoms with van der Waals surface area (Å²) in [5.74, 6) is -0.955. The molecule has 4 rings (SSSR count). The van der Waals surface area contributed by atoms with Crippen molar-refractivity contribution in [2.75, 3.05) is 4.90 Å². The van der Waals surface area contributed by atoms with Gasteiger partial charge in [-0.2, -0.15) is 0 Å². The molecule has 0 saturated carbocycles. The van der Waals surface area contributed by atoms with Crippen molar-refractivity contribution in [2.24, 2.45) is 0 Å². The molecule has 1 aromatic heterocycles. The van der Waals surface area contributed by atoms with Gasteiger partial charge in [-0.05, 0) is 68.3 Å². The van der Waals surface area contributed by atoms with Crippen LogP contribution >= 0.6 is 0 Å². The number of rotatable bonds is 5. The lowest BCUT2D eigenvalue weighted by molar-refractivity contribution is -0.132. The van der Waals surface area contributed by atoms with Gasteiger partial charge in [0.2, 0.25) is 0 Å². The normalized spacial score (nSPS) is 17.8. The molecule has 0 aliphatic carbocycles. The van der Waals surface area contributed by atoms with Gasteiger partial charge >= 0.3 is 0 Å². The van der Waals surface area contributed by atoms with Crippen LogP contribution in [0, 0.1) is 6.92 Å². The molecule has 0 spiro atoms. The number of anilines is 1. The fourth-order valence-electron chi connectivity index (χ4n) is 3.88.